The van der Waals surface area contributed by atoms with Crippen LogP contribution in [-0.4, -0.2) is 33.1 Å². The molecular weight excluding hydrogens is 459 g/mol. The number of pyridine rings is 1. The number of hydrogen-bond donors (Lipinski definition) is 1. The highest BCUT2D eigenvalue weighted by molar-refractivity contribution is 6.03. The summed E-state index contributed by atoms with van der Waals surface area (Å²) in [4.78, 5) is 32.2. The van der Waals surface area contributed by atoms with E-state index in [0.717, 1.165) is 5.56 Å². The van der Waals surface area contributed by atoms with Gasteiger partial charge in [0.1, 0.15) is 16.9 Å². The first-order chi connectivity index (χ1) is 16.9. The zero-order valence-electron chi connectivity index (χ0n) is 21.1. The Morgan fingerprint density at radius 2 is 1.97 bits per heavy atom. The number of aromatic nitrogens is 3. The Labute approximate surface area is 209 Å². The molecule has 1 aromatic carbocycles. The zero-order valence-corrected chi connectivity index (χ0v) is 21.1. The summed E-state index contributed by atoms with van der Waals surface area (Å²) >= 11 is 0. The fourth-order valence-corrected chi connectivity index (χ4v) is 4.62. The van der Waals surface area contributed by atoms with E-state index < -0.39 is 22.6 Å². The molecule has 0 radical (unpaired) electrons. The molecule has 2 amide bonds. The van der Waals surface area contributed by atoms with E-state index in [9.17, 15) is 19.2 Å². The van der Waals surface area contributed by atoms with Gasteiger partial charge in [0.15, 0.2) is 0 Å². The van der Waals surface area contributed by atoms with E-state index in [4.69, 9.17) is 0 Å². The molecule has 1 saturated heterocycles. The predicted octanol–water partition coefficient (Wildman–Crippen LogP) is 4.15. The molecule has 0 aliphatic carbocycles. The maximum Gasteiger partial charge on any atom is 0.270 e. The third-order valence-corrected chi connectivity index (χ3v) is 6.72. The molecule has 0 spiro atoms. The molecule has 0 bridgehead atoms. The maximum atomic E-state index is 14.2. The molecule has 4 rings (SSSR count). The molecule has 1 aliphatic heterocycles. The van der Waals surface area contributed by atoms with Crippen LogP contribution in [0.15, 0.2) is 42.7 Å². The minimum absolute atomic E-state index is 0.0963. The second-order valence-electron chi connectivity index (χ2n) is 10.3. The van der Waals surface area contributed by atoms with Crippen LogP contribution in [0.4, 0.5) is 10.1 Å². The lowest BCUT2D eigenvalue weighted by atomic mass is 9.66. The van der Waals surface area contributed by atoms with E-state index >= 15 is 0 Å². The molecule has 3 heterocycles. The van der Waals surface area contributed by atoms with Gasteiger partial charge in [0.2, 0.25) is 5.91 Å². The quantitative estimate of drug-likeness (QED) is 0.581. The van der Waals surface area contributed by atoms with Gasteiger partial charge in [-0.25, -0.2) is 9.37 Å². The van der Waals surface area contributed by atoms with Crippen molar-refractivity contribution < 1.29 is 14.0 Å². The third-order valence-electron chi connectivity index (χ3n) is 6.72. The molecule has 1 fully saturated rings. The van der Waals surface area contributed by atoms with E-state index in [1.807, 2.05) is 20.8 Å². The predicted molar refractivity (Wildman–Crippen MR) is 133 cm³/mol. The fraction of sp³-hybridized carbons (Fsp3) is 0.370. The van der Waals surface area contributed by atoms with Crippen LogP contribution in [0.5, 0.6) is 0 Å². The van der Waals surface area contributed by atoms with E-state index in [-0.39, 0.29) is 18.1 Å². The Morgan fingerprint density at radius 3 is 2.58 bits per heavy atom. The van der Waals surface area contributed by atoms with E-state index in [1.54, 1.807) is 54.1 Å². The number of amides is 2. The lowest BCUT2D eigenvalue weighted by molar-refractivity contribution is -0.127. The molecule has 1 aliphatic rings. The van der Waals surface area contributed by atoms with Crippen LogP contribution in [0, 0.1) is 34.9 Å². The Hall–Kier alpha value is -4.06. The summed E-state index contributed by atoms with van der Waals surface area (Å²) in [5, 5.41) is 16.8. The fourth-order valence-electron chi connectivity index (χ4n) is 4.62. The molecule has 3 aromatic rings. The highest BCUT2D eigenvalue weighted by Gasteiger charge is 2.55. The van der Waals surface area contributed by atoms with Crippen LogP contribution in [-0.2, 0) is 18.4 Å². The number of nitrogens with zero attached hydrogens (tertiary/aromatic N) is 5. The van der Waals surface area contributed by atoms with Crippen LogP contribution in [0.25, 0.3) is 11.1 Å². The summed E-state index contributed by atoms with van der Waals surface area (Å²) in [5.41, 5.74) is 1.61. The van der Waals surface area contributed by atoms with Gasteiger partial charge in [-0.15, -0.1) is 0 Å². The molecule has 1 N–H and O–H groups in total. The van der Waals surface area contributed by atoms with Gasteiger partial charge >= 0.3 is 0 Å². The lowest BCUT2D eigenvalue weighted by Gasteiger charge is -2.33. The van der Waals surface area contributed by atoms with Crippen molar-refractivity contribution in [1.82, 2.24) is 20.1 Å². The minimum Gasteiger partial charge on any atom is -0.347 e. The smallest absolute Gasteiger partial charge is 0.270 e. The first-order valence-electron chi connectivity index (χ1n) is 11.7. The Kier molecular flexibility index (Phi) is 6.39. The molecule has 0 saturated carbocycles. The van der Waals surface area contributed by atoms with Gasteiger partial charge in [0, 0.05) is 43.3 Å². The number of nitrogens with one attached hydrogen (secondary N) is 1. The lowest BCUT2D eigenvalue weighted by Crippen LogP contribution is -2.42. The summed E-state index contributed by atoms with van der Waals surface area (Å²) in [6, 6.07) is 10.1. The standard InChI is InChI=1S/C27H29FN6O2/c1-17-8-22(34-7-6-27(16-29,25(34)36)26(2,3)4)12-23(32-17)24(35)30-13-18-9-19(11-21(28)10-18)20-14-31-33(5)15-20/h8-12,14-15H,6-7,13H2,1-5H3,(H,30,35). The molecule has 186 valence electrons. The number of nitriles is 1. The number of hydrogen-bond acceptors (Lipinski definition) is 5. The summed E-state index contributed by atoms with van der Waals surface area (Å²) in [5.74, 6) is -1.12. The van der Waals surface area contributed by atoms with Crippen LogP contribution < -0.4 is 10.2 Å². The number of rotatable bonds is 5. The maximum absolute atomic E-state index is 14.2. The number of benzene rings is 1. The van der Waals surface area contributed by atoms with Gasteiger partial charge in [0.05, 0.1) is 12.3 Å². The molecule has 1 atom stereocenters. The van der Waals surface area contributed by atoms with Crippen molar-refractivity contribution in [3.05, 3.63) is 65.5 Å². The van der Waals surface area contributed by atoms with E-state index in [1.165, 1.54) is 12.1 Å². The van der Waals surface area contributed by atoms with Gasteiger partial charge in [-0.1, -0.05) is 20.8 Å². The topological polar surface area (TPSA) is 104 Å². The summed E-state index contributed by atoms with van der Waals surface area (Å²) in [6.45, 7) is 7.89. The largest absolute Gasteiger partial charge is 0.347 e. The minimum atomic E-state index is -1.13. The summed E-state index contributed by atoms with van der Waals surface area (Å²) < 4.78 is 15.9. The molecule has 9 heteroatoms. The molecular formula is C27H29FN6O2. The highest BCUT2D eigenvalue weighted by Crippen LogP contribution is 2.47. The molecule has 8 nitrogen and oxygen atoms in total. The van der Waals surface area contributed by atoms with Crippen molar-refractivity contribution in [1.29, 1.82) is 5.26 Å². The van der Waals surface area contributed by atoms with Gasteiger partial charge < -0.3 is 10.2 Å². The Balaban J connectivity index is 1.53. The number of halogens is 1. The highest BCUT2D eigenvalue weighted by atomic mass is 19.1. The number of aryl methyl sites for hydroxylation is 2. The number of carbonyl (C=O) groups is 2. The van der Waals surface area contributed by atoms with Crippen molar-refractivity contribution in [2.45, 2.75) is 40.7 Å². The number of carbonyl (C=O) groups excluding carboxylic acids is 2. The van der Waals surface area contributed by atoms with Crippen molar-refractivity contribution >= 4 is 17.5 Å². The van der Waals surface area contributed by atoms with Crippen LogP contribution >= 0.6 is 0 Å². The third kappa shape index (κ3) is 4.59. The van der Waals surface area contributed by atoms with Gasteiger partial charge in [-0.2, -0.15) is 10.4 Å². The first kappa shape index (κ1) is 25.0. The Morgan fingerprint density at radius 1 is 1.22 bits per heavy atom. The summed E-state index contributed by atoms with van der Waals surface area (Å²) in [6.07, 6.45) is 3.85. The van der Waals surface area contributed by atoms with Crippen molar-refractivity contribution in [3.8, 4) is 17.2 Å². The average molecular weight is 489 g/mol. The van der Waals surface area contributed by atoms with E-state index in [2.05, 4.69) is 21.5 Å². The van der Waals surface area contributed by atoms with E-state index in [0.29, 0.717) is 35.5 Å². The van der Waals surface area contributed by atoms with Gasteiger partial charge in [-0.05, 0) is 60.2 Å². The Bertz CT molecular complexity index is 1380. The van der Waals surface area contributed by atoms with Gasteiger partial charge in [-0.3, -0.25) is 14.3 Å². The number of anilines is 1. The molecule has 1 unspecified atom stereocenters. The monoisotopic (exact) mass is 488 g/mol. The molecule has 2 aromatic heterocycles. The SMILES string of the molecule is Cc1cc(N2CCC(C#N)(C(C)(C)C)C2=O)cc(C(=O)NCc2cc(F)cc(-c3cnn(C)c3)c2)n1. The van der Waals surface area contributed by atoms with Crippen molar-refractivity contribution in [3.63, 3.8) is 0 Å². The second kappa shape index (κ2) is 9.19. The van der Waals surface area contributed by atoms with Crippen LogP contribution in [0.1, 0.15) is 48.9 Å². The molecule has 36 heavy (non-hydrogen) atoms. The summed E-state index contributed by atoms with van der Waals surface area (Å²) in [7, 11) is 1.78. The van der Waals surface area contributed by atoms with Crippen molar-refractivity contribution in [2.75, 3.05) is 11.4 Å². The normalized spacial score (nSPS) is 17.8. The average Bonchev–Trinajstić information content (AvgIpc) is 3.40. The van der Waals surface area contributed by atoms with Gasteiger partial charge in [0.25, 0.3) is 5.91 Å². The first-order valence-corrected chi connectivity index (χ1v) is 11.7. The second-order valence-corrected chi connectivity index (χ2v) is 10.3. The zero-order chi connectivity index (χ0) is 26.3. The van der Waals surface area contributed by atoms with Crippen LogP contribution in [0.2, 0.25) is 0 Å². The van der Waals surface area contributed by atoms with Crippen molar-refractivity contribution in [2.24, 2.45) is 17.9 Å². The van der Waals surface area contributed by atoms with Crippen LogP contribution in [0.3, 0.4) is 0 Å².